The van der Waals surface area contributed by atoms with Crippen molar-refractivity contribution in [3.05, 3.63) is 0 Å². The van der Waals surface area contributed by atoms with Gasteiger partial charge in [0.2, 0.25) is 11.8 Å². The Hall–Kier alpha value is -1.67. The highest BCUT2D eigenvalue weighted by Crippen LogP contribution is 1.95. The molecule has 1 atom stereocenters. The second kappa shape index (κ2) is 10.3. The number of amides is 2. The van der Waals surface area contributed by atoms with E-state index < -0.39 is 23.8 Å². The van der Waals surface area contributed by atoms with E-state index in [9.17, 15) is 14.4 Å². The van der Waals surface area contributed by atoms with Crippen LogP contribution in [-0.4, -0.2) is 57.4 Å². The van der Waals surface area contributed by atoms with Crippen molar-refractivity contribution in [1.82, 2.24) is 5.32 Å². The lowest BCUT2D eigenvalue weighted by atomic mass is 10.2. The molecule has 0 saturated heterocycles. The summed E-state index contributed by atoms with van der Waals surface area (Å²) in [5.74, 6) is -1.95. The van der Waals surface area contributed by atoms with E-state index in [1.165, 1.54) is 7.11 Å². The summed E-state index contributed by atoms with van der Waals surface area (Å²) in [5.41, 5.74) is 5.08. The van der Waals surface area contributed by atoms with Crippen LogP contribution in [0.15, 0.2) is 0 Å². The highest BCUT2D eigenvalue weighted by molar-refractivity contribution is 5.90. The van der Waals surface area contributed by atoms with Gasteiger partial charge in [0.15, 0.2) is 0 Å². The number of carbonyl (C=O) groups excluding carboxylic acids is 3. The molecular weight excluding hydrogens is 256 g/mol. The van der Waals surface area contributed by atoms with Crippen molar-refractivity contribution in [1.29, 1.82) is 0 Å². The third-order valence-corrected chi connectivity index (χ3v) is 2.02. The van der Waals surface area contributed by atoms with Gasteiger partial charge < -0.3 is 25.3 Å². The van der Waals surface area contributed by atoms with E-state index in [0.29, 0.717) is 6.61 Å². The smallest absolute Gasteiger partial charge is 0.308 e. The van der Waals surface area contributed by atoms with E-state index in [-0.39, 0.29) is 26.2 Å². The van der Waals surface area contributed by atoms with Crippen molar-refractivity contribution in [3.63, 3.8) is 0 Å². The van der Waals surface area contributed by atoms with Crippen LogP contribution in [0.2, 0.25) is 0 Å². The normalized spacial score (nSPS) is 11.7. The largest absolute Gasteiger partial charge is 0.466 e. The number of ether oxygens (including phenoxy) is 3. The molecule has 0 aromatic rings. The molecule has 0 rings (SSSR count). The lowest BCUT2D eigenvalue weighted by molar-refractivity contribution is -0.145. The van der Waals surface area contributed by atoms with Crippen LogP contribution in [0, 0.1) is 0 Å². The van der Waals surface area contributed by atoms with E-state index in [2.05, 4.69) is 10.1 Å². The average molecular weight is 276 g/mol. The molecule has 0 aromatic heterocycles. The molecule has 0 aliphatic rings. The first-order valence-corrected chi connectivity index (χ1v) is 5.82. The third kappa shape index (κ3) is 8.97. The predicted molar refractivity (Wildman–Crippen MR) is 65.1 cm³/mol. The summed E-state index contributed by atoms with van der Waals surface area (Å²) in [5, 5.41) is 2.30. The molecule has 2 amide bonds. The molecule has 0 aliphatic heterocycles. The molecule has 0 fully saturated rings. The Labute approximate surface area is 111 Å². The maximum Gasteiger partial charge on any atom is 0.308 e. The maximum atomic E-state index is 11.4. The molecular formula is C11H20N2O6. The van der Waals surface area contributed by atoms with Gasteiger partial charge in [-0.25, -0.2) is 0 Å². The van der Waals surface area contributed by atoms with Crippen LogP contribution < -0.4 is 11.1 Å². The van der Waals surface area contributed by atoms with Gasteiger partial charge in [0.25, 0.3) is 0 Å². The second-order valence-electron chi connectivity index (χ2n) is 3.58. The fourth-order valence-corrected chi connectivity index (χ4v) is 1.15. The number of carbonyl (C=O) groups is 3. The Morgan fingerprint density at radius 2 is 1.95 bits per heavy atom. The molecule has 0 unspecified atom stereocenters. The summed E-state index contributed by atoms with van der Waals surface area (Å²) in [4.78, 5) is 33.7. The van der Waals surface area contributed by atoms with Gasteiger partial charge in [0.05, 0.1) is 26.2 Å². The molecule has 0 radical (unpaired) electrons. The van der Waals surface area contributed by atoms with Crippen molar-refractivity contribution < 1.29 is 28.6 Å². The highest BCUT2D eigenvalue weighted by Gasteiger charge is 2.22. The molecule has 3 N–H and O–H groups in total. The molecule has 0 bridgehead atoms. The zero-order chi connectivity index (χ0) is 14.7. The van der Waals surface area contributed by atoms with Crippen LogP contribution in [0.5, 0.6) is 0 Å². The van der Waals surface area contributed by atoms with Gasteiger partial charge in [-0.2, -0.15) is 0 Å². The number of hydrogen-bond donors (Lipinski definition) is 2. The summed E-state index contributed by atoms with van der Waals surface area (Å²) in [6.45, 7) is 2.20. The minimum atomic E-state index is -1.10. The lowest BCUT2D eigenvalue weighted by Gasteiger charge is -2.14. The summed E-state index contributed by atoms with van der Waals surface area (Å²) >= 11 is 0. The Bertz CT molecular complexity index is 308. The number of rotatable bonds is 10. The first kappa shape index (κ1) is 17.3. The number of nitrogens with two attached hydrogens (primary N) is 1. The SMILES string of the molecule is CCOC(=O)C[C@H](NC(=O)COCCOC)C(N)=O. The molecule has 0 aromatic carbocycles. The number of nitrogens with one attached hydrogen (secondary N) is 1. The average Bonchev–Trinajstić information content (AvgIpc) is 2.34. The number of methoxy groups -OCH3 is 1. The summed E-state index contributed by atoms with van der Waals surface area (Å²) in [7, 11) is 1.51. The van der Waals surface area contributed by atoms with Crippen molar-refractivity contribution in [3.8, 4) is 0 Å². The van der Waals surface area contributed by atoms with Gasteiger partial charge in [0.1, 0.15) is 12.6 Å². The minimum Gasteiger partial charge on any atom is -0.466 e. The van der Waals surface area contributed by atoms with E-state index in [4.69, 9.17) is 15.2 Å². The molecule has 0 saturated carbocycles. The molecule has 8 heteroatoms. The van der Waals surface area contributed by atoms with Gasteiger partial charge in [-0.05, 0) is 6.92 Å². The van der Waals surface area contributed by atoms with Gasteiger partial charge >= 0.3 is 5.97 Å². The summed E-state index contributed by atoms with van der Waals surface area (Å²) in [6, 6.07) is -1.10. The summed E-state index contributed by atoms with van der Waals surface area (Å²) < 4.78 is 14.4. The predicted octanol–water partition coefficient (Wildman–Crippen LogP) is -1.43. The maximum absolute atomic E-state index is 11.4. The first-order valence-electron chi connectivity index (χ1n) is 5.82. The van der Waals surface area contributed by atoms with Crippen molar-refractivity contribution in [2.45, 2.75) is 19.4 Å². The molecule has 0 spiro atoms. The number of esters is 1. The van der Waals surface area contributed by atoms with Gasteiger partial charge in [0, 0.05) is 7.11 Å². The van der Waals surface area contributed by atoms with Crippen LogP contribution in [0.3, 0.4) is 0 Å². The van der Waals surface area contributed by atoms with Crippen LogP contribution in [0.4, 0.5) is 0 Å². The quantitative estimate of drug-likeness (QED) is 0.373. The van der Waals surface area contributed by atoms with Gasteiger partial charge in [-0.15, -0.1) is 0 Å². The zero-order valence-corrected chi connectivity index (χ0v) is 11.1. The van der Waals surface area contributed by atoms with Crippen molar-refractivity contribution in [2.24, 2.45) is 5.73 Å². The van der Waals surface area contributed by atoms with E-state index in [1.54, 1.807) is 6.92 Å². The van der Waals surface area contributed by atoms with Crippen LogP contribution >= 0.6 is 0 Å². The Morgan fingerprint density at radius 1 is 1.26 bits per heavy atom. The van der Waals surface area contributed by atoms with E-state index in [1.807, 2.05) is 0 Å². The Balaban J connectivity index is 4.08. The second-order valence-corrected chi connectivity index (χ2v) is 3.58. The molecule has 110 valence electrons. The molecule has 8 nitrogen and oxygen atoms in total. The van der Waals surface area contributed by atoms with Crippen LogP contribution in [0.1, 0.15) is 13.3 Å². The summed E-state index contributed by atoms with van der Waals surface area (Å²) in [6.07, 6.45) is -0.299. The molecule has 19 heavy (non-hydrogen) atoms. The Morgan fingerprint density at radius 3 is 2.47 bits per heavy atom. The fourth-order valence-electron chi connectivity index (χ4n) is 1.15. The Kier molecular flexibility index (Phi) is 9.37. The topological polar surface area (TPSA) is 117 Å². The molecule has 0 heterocycles. The van der Waals surface area contributed by atoms with Crippen molar-refractivity contribution >= 4 is 17.8 Å². The van der Waals surface area contributed by atoms with Crippen molar-refractivity contribution in [2.75, 3.05) is 33.5 Å². The van der Waals surface area contributed by atoms with E-state index in [0.717, 1.165) is 0 Å². The van der Waals surface area contributed by atoms with Gasteiger partial charge in [-0.3, -0.25) is 14.4 Å². The van der Waals surface area contributed by atoms with Crippen LogP contribution in [-0.2, 0) is 28.6 Å². The third-order valence-electron chi connectivity index (χ3n) is 2.02. The monoisotopic (exact) mass is 276 g/mol. The molecule has 0 aliphatic carbocycles. The van der Waals surface area contributed by atoms with E-state index >= 15 is 0 Å². The number of primary amides is 1. The standard InChI is InChI=1S/C11H20N2O6/c1-3-19-10(15)6-8(11(12)16)13-9(14)7-18-5-4-17-2/h8H,3-7H2,1-2H3,(H2,12,16)(H,13,14)/t8-/m0/s1. The fraction of sp³-hybridized carbons (Fsp3) is 0.727. The first-order chi connectivity index (χ1) is 9.01. The van der Waals surface area contributed by atoms with Crippen LogP contribution in [0.25, 0.3) is 0 Å². The lowest BCUT2D eigenvalue weighted by Crippen LogP contribution is -2.47. The van der Waals surface area contributed by atoms with Gasteiger partial charge in [-0.1, -0.05) is 0 Å². The highest BCUT2D eigenvalue weighted by atomic mass is 16.5. The zero-order valence-electron chi connectivity index (χ0n) is 11.1. The number of hydrogen-bond acceptors (Lipinski definition) is 6. The minimum absolute atomic E-state index is 0.193.